The molecule has 31 heavy (non-hydrogen) atoms. The smallest absolute Gasteiger partial charge is 0.344 e. The van der Waals surface area contributed by atoms with Crippen LogP contribution in [0.15, 0.2) is 30.6 Å². The Morgan fingerprint density at radius 3 is 2.45 bits per heavy atom. The lowest BCUT2D eigenvalue weighted by Gasteiger charge is -2.13. The zero-order chi connectivity index (χ0) is 22.6. The van der Waals surface area contributed by atoms with E-state index in [1.165, 1.54) is 24.0 Å². The first-order valence-corrected chi connectivity index (χ1v) is 8.97. The molecule has 1 aliphatic carbocycles. The molecule has 3 aromatic heterocycles. The molecule has 0 saturated carbocycles. The van der Waals surface area contributed by atoms with E-state index in [2.05, 4.69) is 20.5 Å². The van der Waals surface area contributed by atoms with Gasteiger partial charge in [-0.15, -0.1) is 0 Å². The number of hydrogen-bond acceptors (Lipinski definition) is 4. The van der Waals surface area contributed by atoms with Crippen LogP contribution in [-0.4, -0.2) is 30.5 Å². The second-order valence-corrected chi connectivity index (χ2v) is 6.97. The standard InChI is InChI=1S/C18H14F6N6O/c1-29-13(7-15(28-29)18(22,23)24)16(31)26-11-2-3-12-10(11)8-30(27-12)9-4-5-25-14(6-9)17(19,20)21/h4-8,11H,2-3H2,1H3,(H,26,31)/t11-/m1/s1. The van der Waals surface area contributed by atoms with Crippen molar-refractivity contribution in [2.75, 3.05) is 0 Å². The molecule has 0 fully saturated rings. The molecule has 3 heterocycles. The van der Waals surface area contributed by atoms with Gasteiger partial charge in [-0.05, 0) is 25.0 Å². The zero-order valence-electron chi connectivity index (χ0n) is 15.8. The molecule has 164 valence electrons. The van der Waals surface area contributed by atoms with Crippen molar-refractivity contribution >= 4 is 5.91 Å². The largest absolute Gasteiger partial charge is 0.435 e. The number of nitrogens with one attached hydrogen (secondary N) is 1. The minimum absolute atomic E-state index is 0.142. The number of aryl methyl sites for hydroxylation is 2. The van der Waals surface area contributed by atoms with Gasteiger partial charge in [-0.2, -0.15) is 36.5 Å². The highest BCUT2D eigenvalue weighted by Gasteiger charge is 2.36. The molecule has 0 spiro atoms. The maximum absolute atomic E-state index is 12.9. The van der Waals surface area contributed by atoms with E-state index in [1.54, 1.807) is 0 Å². The Morgan fingerprint density at radius 1 is 1.10 bits per heavy atom. The molecule has 0 saturated heterocycles. The molecule has 1 amide bonds. The topological polar surface area (TPSA) is 77.6 Å². The fraction of sp³-hybridized carbons (Fsp3) is 0.333. The van der Waals surface area contributed by atoms with Crippen LogP contribution in [0, 0.1) is 0 Å². The maximum Gasteiger partial charge on any atom is 0.435 e. The van der Waals surface area contributed by atoms with E-state index in [-0.39, 0.29) is 11.4 Å². The summed E-state index contributed by atoms with van der Waals surface area (Å²) in [5.74, 6) is -0.751. The molecule has 1 N–H and O–H groups in total. The minimum atomic E-state index is -4.68. The summed E-state index contributed by atoms with van der Waals surface area (Å²) in [6.07, 6.45) is -5.88. The second-order valence-electron chi connectivity index (χ2n) is 6.97. The van der Waals surface area contributed by atoms with Gasteiger partial charge in [0.15, 0.2) is 5.69 Å². The van der Waals surface area contributed by atoms with Crippen LogP contribution in [0.4, 0.5) is 26.3 Å². The van der Waals surface area contributed by atoms with Crippen LogP contribution in [-0.2, 0) is 25.8 Å². The highest BCUT2D eigenvalue weighted by atomic mass is 19.4. The number of rotatable bonds is 3. The highest BCUT2D eigenvalue weighted by Crippen LogP contribution is 2.33. The Labute approximate surface area is 170 Å². The number of halogens is 6. The lowest BCUT2D eigenvalue weighted by molar-refractivity contribution is -0.142. The molecule has 7 nitrogen and oxygen atoms in total. The summed E-state index contributed by atoms with van der Waals surface area (Å²) in [6.45, 7) is 0. The minimum Gasteiger partial charge on any atom is -0.344 e. The van der Waals surface area contributed by atoms with Crippen LogP contribution in [0.2, 0.25) is 0 Å². The number of aromatic nitrogens is 5. The van der Waals surface area contributed by atoms with Crippen molar-refractivity contribution in [3.8, 4) is 5.69 Å². The van der Waals surface area contributed by atoms with Gasteiger partial charge in [-0.25, -0.2) is 4.68 Å². The van der Waals surface area contributed by atoms with Gasteiger partial charge in [0.25, 0.3) is 5.91 Å². The van der Waals surface area contributed by atoms with Crippen LogP contribution >= 0.6 is 0 Å². The molecule has 1 aliphatic rings. The summed E-state index contributed by atoms with van der Waals surface area (Å²) in [6, 6.07) is 2.32. The number of carbonyl (C=O) groups is 1. The van der Waals surface area contributed by atoms with Gasteiger partial charge in [0.05, 0.1) is 17.4 Å². The summed E-state index contributed by atoms with van der Waals surface area (Å²) in [5, 5.41) is 10.2. The Kier molecular flexibility index (Phi) is 4.78. The average Bonchev–Trinajstić information content (AvgIpc) is 3.36. The van der Waals surface area contributed by atoms with E-state index in [1.807, 2.05) is 0 Å². The Bertz CT molecular complexity index is 1150. The second kappa shape index (κ2) is 7.10. The van der Waals surface area contributed by atoms with Crippen LogP contribution in [0.25, 0.3) is 5.69 Å². The molecule has 0 unspecified atom stereocenters. The number of amides is 1. The lowest BCUT2D eigenvalue weighted by atomic mass is 10.2. The third-order valence-corrected chi connectivity index (χ3v) is 4.87. The van der Waals surface area contributed by atoms with E-state index < -0.39 is 35.7 Å². The number of alkyl halides is 6. The van der Waals surface area contributed by atoms with E-state index in [0.717, 1.165) is 16.9 Å². The van der Waals surface area contributed by atoms with Crippen LogP contribution in [0.5, 0.6) is 0 Å². The van der Waals surface area contributed by atoms with E-state index in [4.69, 9.17) is 0 Å². The van der Waals surface area contributed by atoms with Crippen molar-refractivity contribution in [2.45, 2.75) is 31.2 Å². The molecule has 3 aromatic rings. The highest BCUT2D eigenvalue weighted by molar-refractivity contribution is 5.93. The first-order chi connectivity index (χ1) is 14.4. The quantitative estimate of drug-likeness (QED) is 0.628. The van der Waals surface area contributed by atoms with E-state index >= 15 is 0 Å². The molecular formula is C18H14F6N6O. The van der Waals surface area contributed by atoms with Gasteiger partial charge >= 0.3 is 12.4 Å². The fourth-order valence-corrected chi connectivity index (χ4v) is 3.39. The normalized spacial score (nSPS) is 16.4. The van der Waals surface area contributed by atoms with Gasteiger partial charge in [0.1, 0.15) is 11.4 Å². The third kappa shape index (κ3) is 3.99. The monoisotopic (exact) mass is 444 g/mol. The molecule has 1 atom stereocenters. The zero-order valence-corrected chi connectivity index (χ0v) is 15.8. The average molecular weight is 444 g/mol. The van der Waals surface area contributed by atoms with Crippen LogP contribution in [0.3, 0.4) is 0 Å². The number of hydrogen-bond donors (Lipinski definition) is 1. The van der Waals surface area contributed by atoms with Gasteiger partial charge in [-0.3, -0.25) is 14.5 Å². The molecule has 0 aromatic carbocycles. The van der Waals surface area contributed by atoms with Crippen LogP contribution in [0.1, 0.15) is 45.6 Å². The Balaban J connectivity index is 1.56. The van der Waals surface area contributed by atoms with Crippen molar-refractivity contribution in [1.82, 2.24) is 29.9 Å². The van der Waals surface area contributed by atoms with Crippen molar-refractivity contribution in [3.63, 3.8) is 0 Å². The van der Waals surface area contributed by atoms with Crippen molar-refractivity contribution < 1.29 is 31.1 Å². The lowest BCUT2D eigenvalue weighted by Crippen LogP contribution is -2.28. The summed E-state index contributed by atoms with van der Waals surface area (Å²) < 4.78 is 79.3. The van der Waals surface area contributed by atoms with Gasteiger partial charge in [-0.1, -0.05) is 0 Å². The molecule has 4 rings (SSSR count). The van der Waals surface area contributed by atoms with Crippen molar-refractivity contribution in [3.05, 3.63) is 58.9 Å². The fourth-order valence-electron chi connectivity index (χ4n) is 3.39. The molecular weight excluding hydrogens is 430 g/mol. The summed E-state index contributed by atoms with van der Waals surface area (Å²) in [7, 11) is 1.23. The first kappa shape index (κ1) is 20.9. The third-order valence-electron chi connectivity index (χ3n) is 4.87. The van der Waals surface area contributed by atoms with Crippen LogP contribution < -0.4 is 5.32 Å². The number of carbonyl (C=O) groups excluding carboxylic acids is 1. The number of pyridine rings is 1. The number of fused-ring (bicyclic) bond motifs is 1. The molecule has 0 radical (unpaired) electrons. The first-order valence-electron chi connectivity index (χ1n) is 8.97. The Hall–Kier alpha value is -3.38. The predicted molar refractivity (Wildman–Crippen MR) is 93.1 cm³/mol. The van der Waals surface area contributed by atoms with Crippen molar-refractivity contribution in [2.24, 2.45) is 7.05 Å². The molecule has 0 aliphatic heterocycles. The Morgan fingerprint density at radius 2 is 1.81 bits per heavy atom. The molecule has 13 heteroatoms. The van der Waals surface area contributed by atoms with Gasteiger partial charge < -0.3 is 5.32 Å². The van der Waals surface area contributed by atoms with E-state index in [9.17, 15) is 31.1 Å². The summed E-state index contributed by atoms with van der Waals surface area (Å²) in [4.78, 5) is 15.8. The van der Waals surface area contributed by atoms with Crippen molar-refractivity contribution in [1.29, 1.82) is 0 Å². The van der Waals surface area contributed by atoms with Gasteiger partial charge in [0.2, 0.25) is 0 Å². The summed E-state index contributed by atoms with van der Waals surface area (Å²) >= 11 is 0. The SMILES string of the molecule is Cn1nc(C(F)(F)F)cc1C(=O)N[C@@H]1CCc2nn(-c3ccnc(C(F)(F)F)c3)cc21. The van der Waals surface area contributed by atoms with Gasteiger partial charge in [0, 0.05) is 31.1 Å². The predicted octanol–water partition coefficient (Wildman–Crippen LogP) is 3.46. The van der Waals surface area contributed by atoms with E-state index in [0.29, 0.717) is 30.2 Å². The molecule has 0 bridgehead atoms. The maximum atomic E-state index is 12.9. The number of nitrogens with zero attached hydrogens (tertiary/aromatic N) is 5. The summed E-state index contributed by atoms with van der Waals surface area (Å²) in [5.41, 5.74) is -1.21.